The number of benzene rings is 1. The summed E-state index contributed by atoms with van der Waals surface area (Å²) in [5.41, 5.74) is 0.910. The smallest absolute Gasteiger partial charge is 0.235 e. The highest BCUT2D eigenvalue weighted by molar-refractivity contribution is 9.10. The number of hydrogen-bond donors (Lipinski definition) is 1. The molecule has 3 fully saturated rings. The molecular formula is C18H17BrN2O2. The number of hydrogen-bond acceptors (Lipinski definition) is 3. The predicted molar refractivity (Wildman–Crippen MR) is 89.2 cm³/mol. The van der Waals surface area contributed by atoms with Gasteiger partial charge in [-0.25, -0.2) is 0 Å². The number of nitrogens with zero attached hydrogens (tertiary/aromatic N) is 1. The minimum absolute atomic E-state index is 0.0225. The quantitative estimate of drug-likeness (QED) is 0.655. The number of anilines is 1. The highest BCUT2D eigenvalue weighted by atomic mass is 79.9. The van der Waals surface area contributed by atoms with Crippen LogP contribution < -0.4 is 5.32 Å². The zero-order valence-corrected chi connectivity index (χ0v) is 14.1. The van der Waals surface area contributed by atoms with Gasteiger partial charge in [0.15, 0.2) is 0 Å². The van der Waals surface area contributed by atoms with Crippen molar-refractivity contribution < 1.29 is 9.59 Å². The van der Waals surface area contributed by atoms with E-state index >= 15 is 0 Å². The molecule has 4 aliphatic carbocycles. The van der Waals surface area contributed by atoms with E-state index in [9.17, 15) is 9.59 Å². The second-order valence-corrected chi connectivity index (χ2v) is 8.02. The van der Waals surface area contributed by atoms with Gasteiger partial charge in [0, 0.05) is 10.2 Å². The standard InChI is InChI=1S/C18H17BrN2O2/c19-9-1-3-10(4-2-9)20-8-21-17(22)15-11-5-6-12(14-7-13(11)14)16(15)18(21)23/h1-6,11-16,20H,7-8H2/t11-,12-,13-,14+,15-,16-/m1/s1. The van der Waals surface area contributed by atoms with Crippen molar-refractivity contribution in [3.8, 4) is 0 Å². The maximum atomic E-state index is 12.8. The van der Waals surface area contributed by atoms with Crippen LogP contribution in [0.5, 0.6) is 0 Å². The largest absolute Gasteiger partial charge is 0.367 e. The second-order valence-electron chi connectivity index (χ2n) is 7.10. The molecule has 5 heteroatoms. The van der Waals surface area contributed by atoms with E-state index in [4.69, 9.17) is 0 Å². The van der Waals surface area contributed by atoms with Crippen LogP contribution in [0.1, 0.15) is 6.42 Å². The van der Waals surface area contributed by atoms with Gasteiger partial charge in [0.1, 0.15) is 0 Å². The molecule has 1 aliphatic heterocycles. The van der Waals surface area contributed by atoms with Crippen LogP contribution >= 0.6 is 15.9 Å². The van der Waals surface area contributed by atoms with Gasteiger partial charge in [0.05, 0.1) is 18.5 Å². The number of carbonyl (C=O) groups excluding carboxylic acids is 2. The summed E-state index contributed by atoms with van der Waals surface area (Å²) in [5.74, 6) is 1.74. The zero-order chi connectivity index (χ0) is 15.7. The van der Waals surface area contributed by atoms with E-state index in [0.29, 0.717) is 23.7 Å². The number of carbonyl (C=O) groups is 2. The van der Waals surface area contributed by atoms with Crippen molar-refractivity contribution in [2.75, 3.05) is 12.0 Å². The Hall–Kier alpha value is -1.62. The minimum atomic E-state index is -0.104. The van der Waals surface area contributed by atoms with Crippen molar-refractivity contribution >= 4 is 33.4 Å². The third-order valence-corrected chi connectivity index (χ3v) is 6.57. The molecule has 4 nitrogen and oxygen atoms in total. The van der Waals surface area contributed by atoms with Crippen molar-refractivity contribution in [3.05, 3.63) is 40.9 Å². The summed E-state index contributed by atoms with van der Waals surface area (Å²) >= 11 is 3.40. The zero-order valence-electron chi connectivity index (χ0n) is 12.5. The summed E-state index contributed by atoms with van der Waals surface area (Å²) in [5, 5.41) is 3.20. The average molecular weight is 373 g/mol. The molecule has 2 amide bonds. The fourth-order valence-corrected chi connectivity index (χ4v) is 5.18. The Bertz CT molecular complexity index is 693. The van der Waals surface area contributed by atoms with Crippen molar-refractivity contribution in [1.29, 1.82) is 0 Å². The van der Waals surface area contributed by atoms with Gasteiger partial charge in [-0.2, -0.15) is 0 Å². The van der Waals surface area contributed by atoms with Gasteiger partial charge in [0.2, 0.25) is 11.8 Å². The molecule has 1 aromatic carbocycles. The molecule has 0 aromatic heterocycles. The van der Waals surface area contributed by atoms with Crippen LogP contribution in [0.4, 0.5) is 5.69 Å². The molecule has 2 saturated carbocycles. The second kappa shape index (κ2) is 4.69. The highest BCUT2D eigenvalue weighted by Crippen LogP contribution is 2.65. The number of halogens is 1. The van der Waals surface area contributed by atoms with E-state index < -0.39 is 0 Å². The van der Waals surface area contributed by atoms with Crippen LogP contribution in [-0.4, -0.2) is 23.4 Å². The van der Waals surface area contributed by atoms with Crippen LogP contribution in [0.15, 0.2) is 40.9 Å². The Morgan fingerprint density at radius 1 is 1.00 bits per heavy atom. The molecule has 0 spiro atoms. The monoisotopic (exact) mass is 372 g/mol. The minimum Gasteiger partial charge on any atom is -0.367 e. The number of likely N-dealkylation sites (tertiary alicyclic amines) is 1. The van der Waals surface area contributed by atoms with Crippen LogP contribution in [0.3, 0.4) is 0 Å². The summed E-state index contributed by atoms with van der Waals surface area (Å²) in [6.45, 7) is 0.265. The topological polar surface area (TPSA) is 49.4 Å². The van der Waals surface area contributed by atoms with Crippen LogP contribution in [0.2, 0.25) is 0 Å². The van der Waals surface area contributed by atoms with Crippen LogP contribution in [0, 0.1) is 35.5 Å². The first kappa shape index (κ1) is 13.8. The van der Waals surface area contributed by atoms with E-state index in [1.807, 2.05) is 24.3 Å². The number of imide groups is 1. The highest BCUT2D eigenvalue weighted by Gasteiger charge is 2.66. The lowest BCUT2D eigenvalue weighted by molar-refractivity contribution is -0.139. The Morgan fingerprint density at radius 3 is 2.13 bits per heavy atom. The molecule has 6 atom stereocenters. The average Bonchev–Trinajstić information content (AvgIpc) is 3.33. The van der Waals surface area contributed by atoms with Crippen LogP contribution in [0.25, 0.3) is 0 Å². The lowest BCUT2D eigenvalue weighted by Crippen LogP contribution is -2.40. The Balaban J connectivity index is 1.36. The molecule has 1 saturated heterocycles. The molecule has 1 heterocycles. The van der Waals surface area contributed by atoms with E-state index in [2.05, 4.69) is 33.4 Å². The first-order valence-corrected chi connectivity index (χ1v) is 8.97. The summed E-state index contributed by atoms with van der Waals surface area (Å²) in [6.07, 6.45) is 5.61. The molecule has 2 bridgehead atoms. The third kappa shape index (κ3) is 1.89. The molecule has 0 unspecified atom stereocenters. The number of allylic oxidation sites excluding steroid dienone is 2. The van der Waals surface area contributed by atoms with Gasteiger partial charge < -0.3 is 5.32 Å². The first-order chi connectivity index (χ1) is 11.1. The molecule has 5 aliphatic rings. The number of rotatable bonds is 3. The molecule has 23 heavy (non-hydrogen) atoms. The van der Waals surface area contributed by atoms with E-state index in [0.717, 1.165) is 10.2 Å². The Kier molecular flexibility index (Phi) is 2.81. The normalized spacial score (nSPS) is 39.4. The van der Waals surface area contributed by atoms with Gasteiger partial charge in [-0.3, -0.25) is 14.5 Å². The Morgan fingerprint density at radius 2 is 1.57 bits per heavy atom. The maximum Gasteiger partial charge on any atom is 0.235 e. The van der Waals surface area contributed by atoms with Crippen molar-refractivity contribution in [1.82, 2.24) is 4.90 Å². The fraction of sp³-hybridized carbons (Fsp3) is 0.444. The van der Waals surface area contributed by atoms with Gasteiger partial charge in [-0.15, -0.1) is 0 Å². The summed E-state index contributed by atoms with van der Waals surface area (Å²) in [4.78, 5) is 27.0. The van der Waals surface area contributed by atoms with Gasteiger partial charge in [0.25, 0.3) is 0 Å². The third-order valence-electron chi connectivity index (χ3n) is 6.04. The molecule has 118 valence electrons. The molecule has 1 N–H and O–H groups in total. The summed E-state index contributed by atoms with van der Waals surface area (Å²) < 4.78 is 1.00. The van der Waals surface area contributed by atoms with Crippen molar-refractivity contribution in [2.45, 2.75) is 6.42 Å². The lowest BCUT2D eigenvalue weighted by Gasteiger charge is -2.37. The van der Waals surface area contributed by atoms with Crippen molar-refractivity contribution in [2.24, 2.45) is 35.5 Å². The van der Waals surface area contributed by atoms with E-state index in [1.165, 1.54) is 11.3 Å². The lowest BCUT2D eigenvalue weighted by atomic mass is 9.63. The SMILES string of the molecule is O=C1[C@@H]2[C@@H]3C=C[C@H]([C@@H]4C[C@H]34)[C@H]2C(=O)N1CNc1ccc(Br)cc1. The fourth-order valence-electron chi connectivity index (χ4n) is 4.91. The van der Waals surface area contributed by atoms with Crippen LogP contribution in [-0.2, 0) is 9.59 Å². The Labute approximate surface area is 143 Å². The molecular weight excluding hydrogens is 356 g/mol. The first-order valence-electron chi connectivity index (χ1n) is 8.18. The maximum absolute atomic E-state index is 12.8. The van der Waals surface area contributed by atoms with Gasteiger partial charge >= 0.3 is 0 Å². The molecule has 0 radical (unpaired) electrons. The van der Waals surface area contributed by atoms with E-state index in [1.54, 1.807) is 0 Å². The predicted octanol–water partition coefficient (Wildman–Crippen LogP) is 2.87. The van der Waals surface area contributed by atoms with E-state index in [-0.39, 0.29) is 30.3 Å². The summed E-state index contributed by atoms with van der Waals surface area (Å²) in [7, 11) is 0. The van der Waals surface area contributed by atoms with Gasteiger partial charge in [-0.1, -0.05) is 28.1 Å². The molecule has 1 aromatic rings. The summed E-state index contributed by atoms with van der Waals surface area (Å²) in [6, 6.07) is 7.74. The van der Waals surface area contributed by atoms with Crippen molar-refractivity contribution in [3.63, 3.8) is 0 Å². The number of nitrogens with one attached hydrogen (secondary N) is 1. The van der Waals surface area contributed by atoms with Gasteiger partial charge in [-0.05, 0) is 54.4 Å². The molecule has 6 rings (SSSR count). The number of amides is 2.